The Labute approximate surface area is 123 Å². The molecule has 2 aliphatic rings. The zero-order valence-electron chi connectivity index (χ0n) is 11.8. The van der Waals surface area contributed by atoms with Crippen molar-refractivity contribution in [2.24, 2.45) is 5.18 Å². The molecular formula is C17H16N2O2. The lowest BCUT2D eigenvalue weighted by molar-refractivity contribution is 0.228. The topological polar surface area (TPSA) is 52.9 Å². The molecule has 2 aromatic rings. The molecule has 4 rings (SSSR count). The number of aromatic hydroxyl groups is 1. The van der Waals surface area contributed by atoms with Crippen LogP contribution in [-0.4, -0.2) is 23.6 Å². The maximum absolute atomic E-state index is 10.9. The van der Waals surface area contributed by atoms with E-state index in [1.165, 1.54) is 11.1 Å². The second-order valence-corrected chi connectivity index (χ2v) is 5.89. The molecule has 0 radical (unpaired) electrons. The first-order valence-electron chi connectivity index (χ1n) is 7.21. The number of hydrogen-bond donors (Lipinski definition) is 1. The van der Waals surface area contributed by atoms with Crippen molar-refractivity contribution in [2.45, 2.75) is 18.9 Å². The van der Waals surface area contributed by atoms with Crippen molar-refractivity contribution < 1.29 is 5.11 Å². The Morgan fingerprint density at radius 2 is 2.10 bits per heavy atom. The highest BCUT2D eigenvalue weighted by Crippen LogP contribution is 2.50. The highest BCUT2D eigenvalue weighted by molar-refractivity contribution is 5.84. The molecule has 0 fully saturated rings. The van der Waals surface area contributed by atoms with Gasteiger partial charge in [-0.05, 0) is 53.4 Å². The smallest absolute Gasteiger partial charge is 0.152 e. The predicted octanol–water partition coefficient (Wildman–Crippen LogP) is 3.54. The summed E-state index contributed by atoms with van der Waals surface area (Å²) in [5.74, 6) is 0.0163. The van der Waals surface area contributed by atoms with Crippen molar-refractivity contribution >= 4 is 5.69 Å². The number of hydrogen-bond acceptors (Lipinski definition) is 4. The zero-order valence-corrected chi connectivity index (χ0v) is 11.8. The van der Waals surface area contributed by atoms with Gasteiger partial charge in [0, 0.05) is 18.2 Å². The zero-order chi connectivity index (χ0) is 14.6. The highest BCUT2D eigenvalue weighted by Gasteiger charge is 2.34. The second-order valence-electron chi connectivity index (χ2n) is 5.89. The summed E-state index contributed by atoms with van der Waals surface area (Å²) in [6.07, 6.45) is 1.89. The van der Waals surface area contributed by atoms with Crippen molar-refractivity contribution in [2.75, 3.05) is 13.6 Å². The van der Waals surface area contributed by atoms with Crippen LogP contribution in [0.1, 0.15) is 22.7 Å². The van der Waals surface area contributed by atoms with Crippen LogP contribution >= 0.6 is 0 Å². The fraction of sp³-hybridized carbons (Fsp3) is 0.294. The molecule has 21 heavy (non-hydrogen) atoms. The Hall–Kier alpha value is -2.20. The van der Waals surface area contributed by atoms with Gasteiger partial charge in [0.05, 0.1) is 0 Å². The number of rotatable bonds is 1. The molecule has 2 aromatic carbocycles. The second kappa shape index (κ2) is 4.40. The number of likely N-dealkylation sites (N-methyl/N-ethyl adjacent to an activating group) is 1. The third kappa shape index (κ3) is 1.66. The summed E-state index contributed by atoms with van der Waals surface area (Å²) in [5.41, 5.74) is 5.70. The summed E-state index contributed by atoms with van der Waals surface area (Å²) in [5, 5.41) is 13.3. The van der Waals surface area contributed by atoms with Gasteiger partial charge in [0.25, 0.3) is 0 Å². The molecule has 1 atom stereocenters. The predicted molar refractivity (Wildman–Crippen MR) is 81.8 cm³/mol. The van der Waals surface area contributed by atoms with Crippen LogP contribution in [0.15, 0.2) is 35.5 Å². The molecular weight excluding hydrogens is 264 g/mol. The van der Waals surface area contributed by atoms with Crippen LogP contribution in [0.25, 0.3) is 11.1 Å². The van der Waals surface area contributed by atoms with E-state index in [2.05, 4.69) is 23.2 Å². The van der Waals surface area contributed by atoms with Crippen molar-refractivity contribution in [3.05, 3.63) is 51.9 Å². The molecule has 1 N–H and O–H groups in total. The van der Waals surface area contributed by atoms with E-state index in [0.717, 1.165) is 36.1 Å². The van der Waals surface area contributed by atoms with Crippen LogP contribution < -0.4 is 0 Å². The van der Waals surface area contributed by atoms with Crippen LogP contribution in [0.5, 0.6) is 5.75 Å². The van der Waals surface area contributed by atoms with E-state index in [4.69, 9.17) is 0 Å². The summed E-state index contributed by atoms with van der Waals surface area (Å²) in [6.45, 7) is 1.05. The van der Waals surface area contributed by atoms with Gasteiger partial charge in [0.2, 0.25) is 0 Å². The molecule has 0 saturated heterocycles. The molecule has 106 valence electrons. The summed E-state index contributed by atoms with van der Waals surface area (Å²) in [6, 6.07) is 10.1. The summed E-state index contributed by atoms with van der Waals surface area (Å²) >= 11 is 0. The molecule has 4 nitrogen and oxygen atoms in total. The molecule has 0 spiro atoms. The maximum atomic E-state index is 10.9. The Bertz CT molecular complexity index is 755. The van der Waals surface area contributed by atoms with Crippen molar-refractivity contribution in [3.8, 4) is 16.9 Å². The highest BCUT2D eigenvalue weighted by atomic mass is 16.3. The first-order chi connectivity index (χ1) is 10.2. The van der Waals surface area contributed by atoms with E-state index in [-0.39, 0.29) is 11.4 Å². The monoisotopic (exact) mass is 280 g/mol. The number of fused-ring (bicyclic) bond motifs is 2. The summed E-state index contributed by atoms with van der Waals surface area (Å²) in [4.78, 5) is 13.2. The molecule has 1 aliphatic carbocycles. The molecule has 4 heteroatoms. The Morgan fingerprint density at radius 3 is 2.90 bits per heavy atom. The Morgan fingerprint density at radius 1 is 1.24 bits per heavy atom. The van der Waals surface area contributed by atoms with Crippen molar-refractivity contribution in [1.82, 2.24) is 4.90 Å². The van der Waals surface area contributed by atoms with Gasteiger partial charge in [-0.3, -0.25) is 4.90 Å². The van der Waals surface area contributed by atoms with Gasteiger partial charge < -0.3 is 5.11 Å². The first-order valence-corrected chi connectivity index (χ1v) is 7.21. The molecule has 0 amide bonds. The Balaban J connectivity index is 2.04. The van der Waals surface area contributed by atoms with E-state index in [0.29, 0.717) is 6.04 Å². The minimum atomic E-state index is 0.0163. The third-order valence-electron chi connectivity index (χ3n) is 4.82. The van der Waals surface area contributed by atoms with Gasteiger partial charge in [-0.15, -0.1) is 4.91 Å². The lowest BCUT2D eigenvalue weighted by Crippen LogP contribution is -2.35. The summed E-state index contributed by atoms with van der Waals surface area (Å²) < 4.78 is 0. The Kier molecular flexibility index (Phi) is 2.62. The van der Waals surface area contributed by atoms with E-state index < -0.39 is 0 Å². The van der Waals surface area contributed by atoms with Crippen LogP contribution in [0.3, 0.4) is 0 Å². The quantitative estimate of drug-likeness (QED) is 0.813. The normalized spacial score (nSPS) is 19.8. The van der Waals surface area contributed by atoms with E-state index >= 15 is 0 Å². The third-order valence-corrected chi connectivity index (χ3v) is 4.82. The lowest BCUT2D eigenvalue weighted by atomic mass is 9.77. The van der Waals surface area contributed by atoms with Crippen LogP contribution in [0.2, 0.25) is 0 Å². The molecule has 0 aromatic heterocycles. The van der Waals surface area contributed by atoms with Crippen LogP contribution in [0.4, 0.5) is 5.69 Å². The van der Waals surface area contributed by atoms with Gasteiger partial charge in [0.1, 0.15) is 5.69 Å². The lowest BCUT2D eigenvalue weighted by Gasteiger charge is -2.39. The molecule has 1 aliphatic heterocycles. The van der Waals surface area contributed by atoms with Crippen molar-refractivity contribution in [1.29, 1.82) is 0 Å². The standard InChI is InChI=1S/C17H16N2O2/c1-19-8-7-10-3-2-4-12-15(10)14(19)9-11-5-6-13(18-21)17(20)16(11)12/h2-6,14,20H,7-9H2,1H3. The van der Waals surface area contributed by atoms with Gasteiger partial charge in [-0.25, -0.2) is 0 Å². The minimum Gasteiger partial charge on any atom is -0.505 e. The van der Waals surface area contributed by atoms with E-state index in [9.17, 15) is 10.0 Å². The van der Waals surface area contributed by atoms with Crippen molar-refractivity contribution in [3.63, 3.8) is 0 Å². The minimum absolute atomic E-state index is 0.0163. The molecule has 1 unspecified atom stereocenters. The average molecular weight is 280 g/mol. The fourth-order valence-electron chi connectivity index (χ4n) is 3.75. The van der Waals surface area contributed by atoms with Crippen LogP contribution in [-0.2, 0) is 12.8 Å². The molecule has 0 bridgehead atoms. The fourth-order valence-corrected chi connectivity index (χ4v) is 3.75. The number of phenols is 1. The van der Waals surface area contributed by atoms with E-state index in [1.807, 2.05) is 18.2 Å². The maximum Gasteiger partial charge on any atom is 0.152 e. The largest absolute Gasteiger partial charge is 0.505 e. The van der Waals surface area contributed by atoms with Gasteiger partial charge in [0.15, 0.2) is 5.75 Å². The van der Waals surface area contributed by atoms with E-state index in [1.54, 1.807) is 6.07 Å². The number of phenolic OH excluding ortho intramolecular Hbond substituents is 1. The van der Waals surface area contributed by atoms with Gasteiger partial charge in [-0.2, -0.15) is 0 Å². The van der Waals surface area contributed by atoms with Crippen LogP contribution in [0, 0.1) is 4.91 Å². The van der Waals surface area contributed by atoms with Gasteiger partial charge >= 0.3 is 0 Å². The SMILES string of the molecule is CN1CCc2cccc3c2C1Cc1ccc(N=O)c(O)c1-3. The molecule has 0 saturated carbocycles. The number of benzene rings is 2. The van der Waals surface area contributed by atoms with Gasteiger partial charge in [-0.1, -0.05) is 24.3 Å². The average Bonchev–Trinajstić information content (AvgIpc) is 2.51. The molecule has 1 heterocycles. The number of nitroso groups, excluding NO2 is 1. The first kappa shape index (κ1) is 12.5. The summed E-state index contributed by atoms with van der Waals surface area (Å²) in [7, 11) is 2.15. The number of nitrogens with zero attached hydrogens (tertiary/aromatic N) is 2.